The monoisotopic (exact) mass is 278 g/mol. The molecule has 0 aromatic heterocycles. The molecule has 7 nitrogen and oxygen atoms in total. The maximum absolute atomic E-state index is 12.3. The summed E-state index contributed by atoms with van der Waals surface area (Å²) in [7, 11) is -3.40. The maximum Gasteiger partial charge on any atom is 0.281 e. The molecule has 1 aliphatic heterocycles. The van der Waals surface area contributed by atoms with E-state index in [1.54, 1.807) is 6.92 Å². The summed E-state index contributed by atoms with van der Waals surface area (Å²) in [4.78, 5) is 0. The van der Waals surface area contributed by atoms with Gasteiger partial charge in [0.25, 0.3) is 10.2 Å². The summed E-state index contributed by atoms with van der Waals surface area (Å²) in [6.45, 7) is 3.58. The van der Waals surface area contributed by atoms with Crippen molar-refractivity contribution in [1.29, 1.82) is 0 Å². The molecule has 0 aromatic carbocycles. The Labute approximate surface area is 108 Å². The van der Waals surface area contributed by atoms with Crippen LogP contribution in [0.2, 0.25) is 0 Å². The molecule has 0 bridgehead atoms. The molecule has 1 heterocycles. The minimum atomic E-state index is -3.40. The highest BCUT2D eigenvalue weighted by Gasteiger charge is 2.29. The van der Waals surface area contributed by atoms with E-state index in [1.807, 2.05) is 0 Å². The third kappa shape index (κ3) is 3.82. The van der Waals surface area contributed by atoms with E-state index in [2.05, 4.69) is 5.16 Å². The van der Waals surface area contributed by atoms with Gasteiger partial charge in [0.05, 0.1) is 0 Å². The molecule has 0 aromatic rings. The third-order valence-electron chi connectivity index (χ3n) is 3.07. The van der Waals surface area contributed by atoms with Crippen molar-refractivity contribution in [2.75, 3.05) is 26.2 Å². The van der Waals surface area contributed by atoms with E-state index in [0.29, 0.717) is 19.6 Å². The number of rotatable bonds is 6. The highest BCUT2D eigenvalue weighted by molar-refractivity contribution is 7.86. The fourth-order valence-corrected chi connectivity index (χ4v) is 3.68. The van der Waals surface area contributed by atoms with Crippen LogP contribution in [0.4, 0.5) is 0 Å². The Bertz CT molecular complexity index is 377. The minimum Gasteiger partial charge on any atom is -0.409 e. The molecule has 1 saturated heterocycles. The van der Waals surface area contributed by atoms with Gasteiger partial charge in [0.2, 0.25) is 0 Å². The predicted octanol–water partition coefficient (Wildman–Crippen LogP) is 0.176. The standard InChI is InChI=1S/C10H22N4O3S/c1-2-13(9-6-10(11)12-15)18(16,17)14-7-4-3-5-8-14/h15H,2-9H2,1H3,(H2,11,12). The summed E-state index contributed by atoms with van der Waals surface area (Å²) in [5, 5.41) is 11.3. The van der Waals surface area contributed by atoms with Gasteiger partial charge in [0.15, 0.2) is 0 Å². The average Bonchev–Trinajstić information content (AvgIpc) is 2.39. The van der Waals surface area contributed by atoms with Gasteiger partial charge in [0.1, 0.15) is 5.84 Å². The van der Waals surface area contributed by atoms with Gasteiger partial charge in [-0.15, -0.1) is 0 Å². The van der Waals surface area contributed by atoms with Crippen LogP contribution in [0.5, 0.6) is 0 Å². The summed E-state index contributed by atoms with van der Waals surface area (Å²) < 4.78 is 27.5. The highest BCUT2D eigenvalue weighted by atomic mass is 32.2. The summed E-state index contributed by atoms with van der Waals surface area (Å²) in [5.41, 5.74) is 5.36. The first-order chi connectivity index (χ1) is 8.52. The molecule has 0 amide bonds. The van der Waals surface area contributed by atoms with Crippen molar-refractivity contribution in [3.8, 4) is 0 Å². The lowest BCUT2D eigenvalue weighted by atomic mass is 10.2. The SMILES string of the molecule is CCN(CCC(N)=NO)S(=O)(=O)N1CCCCC1. The molecule has 0 aliphatic carbocycles. The number of nitrogens with zero attached hydrogens (tertiary/aromatic N) is 3. The van der Waals surface area contributed by atoms with E-state index in [9.17, 15) is 8.42 Å². The first-order valence-electron chi connectivity index (χ1n) is 6.24. The van der Waals surface area contributed by atoms with E-state index >= 15 is 0 Å². The topological polar surface area (TPSA) is 99.2 Å². The molecule has 0 unspecified atom stereocenters. The van der Waals surface area contributed by atoms with Crippen molar-refractivity contribution in [2.45, 2.75) is 32.6 Å². The predicted molar refractivity (Wildman–Crippen MR) is 69.6 cm³/mol. The van der Waals surface area contributed by atoms with Gasteiger partial charge in [-0.1, -0.05) is 18.5 Å². The van der Waals surface area contributed by atoms with E-state index in [1.165, 1.54) is 8.61 Å². The molecule has 1 aliphatic rings. The van der Waals surface area contributed by atoms with Gasteiger partial charge >= 0.3 is 0 Å². The van der Waals surface area contributed by atoms with Crippen LogP contribution in [0.25, 0.3) is 0 Å². The van der Waals surface area contributed by atoms with Crippen LogP contribution in [0, 0.1) is 0 Å². The van der Waals surface area contributed by atoms with Crippen LogP contribution < -0.4 is 5.73 Å². The third-order valence-corrected chi connectivity index (χ3v) is 5.18. The van der Waals surface area contributed by atoms with E-state index < -0.39 is 10.2 Å². The molecular formula is C10H22N4O3S. The van der Waals surface area contributed by atoms with Crippen molar-refractivity contribution in [2.24, 2.45) is 10.9 Å². The highest BCUT2D eigenvalue weighted by Crippen LogP contribution is 2.16. The smallest absolute Gasteiger partial charge is 0.281 e. The lowest BCUT2D eigenvalue weighted by Crippen LogP contribution is -2.46. The molecule has 0 radical (unpaired) electrons. The molecule has 8 heteroatoms. The molecule has 0 atom stereocenters. The van der Waals surface area contributed by atoms with Crippen molar-refractivity contribution < 1.29 is 13.6 Å². The number of piperidine rings is 1. The molecular weight excluding hydrogens is 256 g/mol. The van der Waals surface area contributed by atoms with E-state index in [0.717, 1.165) is 19.3 Å². The average molecular weight is 278 g/mol. The molecule has 1 fully saturated rings. The van der Waals surface area contributed by atoms with Crippen LogP contribution in [0.1, 0.15) is 32.6 Å². The molecule has 18 heavy (non-hydrogen) atoms. The molecule has 1 rings (SSSR count). The van der Waals surface area contributed by atoms with Gasteiger partial charge in [-0.25, -0.2) is 0 Å². The van der Waals surface area contributed by atoms with Crippen LogP contribution in [-0.2, 0) is 10.2 Å². The number of oxime groups is 1. The second kappa shape index (κ2) is 6.91. The summed E-state index contributed by atoms with van der Waals surface area (Å²) in [5.74, 6) is 0.0438. The zero-order valence-electron chi connectivity index (χ0n) is 10.7. The molecule has 0 spiro atoms. The van der Waals surface area contributed by atoms with Crippen LogP contribution >= 0.6 is 0 Å². The number of hydrogen-bond acceptors (Lipinski definition) is 4. The van der Waals surface area contributed by atoms with Crippen molar-refractivity contribution in [1.82, 2.24) is 8.61 Å². The van der Waals surface area contributed by atoms with Crippen LogP contribution in [0.3, 0.4) is 0 Å². The Morgan fingerprint density at radius 2 is 2.00 bits per heavy atom. The number of amidine groups is 1. The Morgan fingerprint density at radius 1 is 1.39 bits per heavy atom. The van der Waals surface area contributed by atoms with Gasteiger partial charge in [-0.05, 0) is 12.8 Å². The lowest BCUT2D eigenvalue weighted by Gasteiger charge is -2.31. The Kier molecular flexibility index (Phi) is 5.83. The summed E-state index contributed by atoms with van der Waals surface area (Å²) in [6, 6.07) is 0. The van der Waals surface area contributed by atoms with E-state index in [-0.39, 0.29) is 18.8 Å². The Hall–Kier alpha value is -0.860. The maximum atomic E-state index is 12.3. The van der Waals surface area contributed by atoms with Gasteiger partial charge in [-0.2, -0.15) is 17.0 Å². The van der Waals surface area contributed by atoms with Crippen molar-refractivity contribution in [3.05, 3.63) is 0 Å². The lowest BCUT2D eigenvalue weighted by molar-refractivity contribution is 0.304. The van der Waals surface area contributed by atoms with E-state index in [4.69, 9.17) is 10.9 Å². The summed E-state index contributed by atoms with van der Waals surface area (Å²) >= 11 is 0. The summed E-state index contributed by atoms with van der Waals surface area (Å²) in [6.07, 6.45) is 3.15. The number of hydrogen-bond donors (Lipinski definition) is 2. The van der Waals surface area contributed by atoms with Crippen LogP contribution in [-0.4, -0.2) is 54.3 Å². The van der Waals surface area contributed by atoms with Gasteiger partial charge in [-0.3, -0.25) is 0 Å². The van der Waals surface area contributed by atoms with Crippen molar-refractivity contribution >= 4 is 16.0 Å². The molecule has 106 valence electrons. The Balaban J connectivity index is 2.66. The minimum absolute atomic E-state index is 0.0438. The Morgan fingerprint density at radius 3 is 2.50 bits per heavy atom. The fraction of sp³-hybridized carbons (Fsp3) is 0.900. The van der Waals surface area contributed by atoms with Gasteiger partial charge < -0.3 is 10.9 Å². The van der Waals surface area contributed by atoms with Crippen molar-refractivity contribution in [3.63, 3.8) is 0 Å². The van der Waals surface area contributed by atoms with Crippen LogP contribution in [0.15, 0.2) is 5.16 Å². The fourth-order valence-electron chi connectivity index (χ4n) is 1.98. The quantitative estimate of drug-likeness (QED) is 0.313. The normalized spacial score (nSPS) is 19.3. The van der Waals surface area contributed by atoms with Gasteiger partial charge in [0, 0.05) is 32.6 Å². The largest absolute Gasteiger partial charge is 0.409 e. The zero-order chi connectivity index (χ0) is 13.6. The second-order valence-corrected chi connectivity index (χ2v) is 6.23. The molecule has 3 N–H and O–H groups in total. The first kappa shape index (κ1) is 15.2. The number of nitrogens with two attached hydrogens (primary N) is 1. The second-order valence-electron chi connectivity index (χ2n) is 4.30. The zero-order valence-corrected chi connectivity index (χ0v) is 11.6. The first-order valence-corrected chi connectivity index (χ1v) is 7.63. The molecule has 0 saturated carbocycles.